The molecule has 0 N–H and O–H groups in total. The maximum absolute atomic E-state index is 11.9. The van der Waals surface area contributed by atoms with Crippen LogP contribution in [0.3, 0.4) is 0 Å². The van der Waals surface area contributed by atoms with Crippen LogP contribution < -0.4 is 0 Å². The second kappa shape index (κ2) is 9.67. The number of ether oxygens (including phenoxy) is 1. The first-order valence-corrected chi connectivity index (χ1v) is 7.86. The van der Waals surface area contributed by atoms with Gasteiger partial charge in [0.25, 0.3) is 0 Å². The first-order valence-electron chi connectivity index (χ1n) is 7.86. The molecule has 0 saturated heterocycles. The van der Waals surface area contributed by atoms with Gasteiger partial charge in [-0.1, -0.05) is 19.3 Å². The highest BCUT2D eigenvalue weighted by molar-refractivity contribution is 6.02. The van der Waals surface area contributed by atoms with Gasteiger partial charge in [0, 0.05) is 19.3 Å². The van der Waals surface area contributed by atoms with Gasteiger partial charge in [0.1, 0.15) is 11.6 Å². The second-order valence-corrected chi connectivity index (χ2v) is 5.45. The van der Waals surface area contributed by atoms with E-state index < -0.39 is 0 Å². The summed E-state index contributed by atoms with van der Waals surface area (Å²) in [6.07, 6.45) is 7.75. The Balaban J connectivity index is 2.04. The molecule has 1 fully saturated rings. The van der Waals surface area contributed by atoms with Gasteiger partial charge in [0.05, 0.1) is 12.5 Å². The van der Waals surface area contributed by atoms with Gasteiger partial charge in [0.15, 0.2) is 0 Å². The molecule has 0 aromatic rings. The summed E-state index contributed by atoms with van der Waals surface area (Å²) >= 11 is 0. The fourth-order valence-electron chi connectivity index (χ4n) is 2.65. The van der Waals surface area contributed by atoms with Gasteiger partial charge in [0.2, 0.25) is 0 Å². The number of hydrogen-bond acceptors (Lipinski definition) is 4. The van der Waals surface area contributed by atoms with Crippen molar-refractivity contribution < 1.29 is 19.1 Å². The Bertz CT molecular complexity index is 335. The van der Waals surface area contributed by atoms with Crippen LogP contribution in [0.5, 0.6) is 0 Å². The smallest absolute Gasteiger partial charge is 0.305 e. The van der Waals surface area contributed by atoms with E-state index in [0.717, 1.165) is 44.9 Å². The number of esters is 1. The molecule has 1 unspecified atom stereocenters. The van der Waals surface area contributed by atoms with Crippen molar-refractivity contribution in [2.45, 2.75) is 71.1 Å². The standard InChI is InChI=1S/C16H26O4/c1-2-20-16(19)12-6-4-3-5-10-14(17)13-9-7-8-11-15(13)18/h13H,2-12H2,1H3. The molecule has 4 nitrogen and oxygen atoms in total. The Morgan fingerprint density at radius 3 is 2.45 bits per heavy atom. The molecule has 1 atom stereocenters. The van der Waals surface area contributed by atoms with E-state index >= 15 is 0 Å². The number of carbonyl (C=O) groups is 3. The summed E-state index contributed by atoms with van der Waals surface area (Å²) in [5.41, 5.74) is 0. The van der Waals surface area contributed by atoms with E-state index in [1.165, 1.54) is 0 Å². The van der Waals surface area contributed by atoms with Gasteiger partial charge in [-0.25, -0.2) is 0 Å². The van der Waals surface area contributed by atoms with Crippen molar-refractivity contribution >= 4 is 17.5 Å². The van der Waals surface area contributed by atoms with E-state index in [2.05, 4.69) is 0 Å². The summed E-state index contributed by atoms with van der Waals surface area (Å²) in [5, 5.41) is 0. The molecular formula is C16H26O4. The minimum atomic E-state index is -0.316. The Kier molecular flexibility index (Phi) is 8.16. The van der Waals surface area contributed by atoms with Crippen molar-refractivity contribution in [1.82, 2.24) is 0 Å². The van der Waals surface area contributed by atoms with Crippen molar-refractivity contribution in [3.8, 4) is 0 Å². The van der Waals surface area contributed by atoms with Crippen LogP contribution >= 0.6 is 0 Å². The lowest BCUT2D eigenvalue weighted by atomic mass is 9.83. The molecular weight excluding hydrogens is 256 g/mol. The molecule has 0 aromatic heterocycles. The number of rotatable bonds is 9. The van der Waals surface area contributed by atoms with Crippen LogP contribution in [-0.4, -0.2) is 24.1 Å². The lowest BCUT2D eigenvalue weighted by Gasteiger charge is -2.18. The summed E-state index contributed by atoms with van der Waals surface area (Å²) in [6.45, 7) is 2.23. The molecule has 1 aliphatic rings. The molecule has 1 aliphatic carbocycles. The van der Waals surface area contributed by atoms with Crippen LogP contribution in [0.15, 0.2) is 0 Å². The zero-order valence-corrected chi connectivity index (χ0v) is 12.5. The quantitative estimate of drug-likeness (QED) is 0.370. The Morgan fingerprint density at radius 2 is 1.80 bits per heavy atom. The monoisotopic (exact) mass is 282 g/mol. The van der Waals surface area contributed by atoms with Gasteiger partial charge in [-0.2, -0.15) is 0 Å². The third-order valence-corrected chi connectivity index (χ3v) is 3.80. The summed E-state index contributed by atoms with van der Waals surface area (Å²) in [4.78, 5) is 34.7. The summed E-state index contributed by atoms with van der Waals surface area (Å²) in [7, 11) is 0. The van der Waals surface area contributed by atoms with Gasteiger partial charge in [-0.3, -0.25) is 14.4 Å². The summed E-state index contributed by atoms with van der Waals surface area (Å²) < 4.78 is 4.85. The Labute approximate surface area is 121 Å². The Hall–Kier alpha value is -1.19. The SMILES string of the molecule is CCOC(=O)CCCCCCC(=O)C1CCCCC1=O. The van der Waals surface area contributed by atoms with Gasteiger partial charge in [-0.15, -0.1) is 0 Å². The van der Waals surface area contributed by atoms with Crippen molar-refractivity contribution in [2.24, 2.45) is 5.92 Å². The fraction of sp³-hybridized carbons (Fsp3) is 0.812. The molecule has 114 valence electrons. The lowest BCUT2D eigenvalue weighted by molar-refractivity contribution is -0.143. The van der Waals surface area contributed by atoms with E-state index in [1.54, 1.807) is 6.92 Å². The summed E-state index contributed by atoms with van der Waals surface area (Å²) in [6, 6.07) is 0. The molecule has 4 heteroatoms. The highest BCUT2D eigenvalue weighted by Gasteiger charge is 2.27. The molecule has 0 aromatic carbocycles. The molecule has 0 amide bonds. The van der Waals surface area contributed by atoms with Gasteiger partial charge < -0.3 is 4.74 Å². The number of hydrogen-bond donors (Lipinski definition) is 0. The van der Waals surface area contributed by atoms with Crippen LogP contribution in [0.4, 0.5) is 0 Å². The average Bonchev–Trinajstić information content (AvgIpc) is 2.43. The number of ketones is 2. The molecule has 1 saturated carbocycles. The minimum Gasteiger partial charge on any atom is -0.466 e. The topological polar surface area (TPSA) is 60.4 Å². The summed E-state index contributed by atoms with van der Waals surface area (Å²) in [5.74, 6) is -0.191. The lowest BCUT2D eigenvalue weighted by Crippen LogP contribution is -2.27. The minimum absolute atomic E-state index is 0.125. The predicted octanol–water partition coefficient (Wildman–Crippen LogP) is 3.22. The van der Waals surface area contributed by atoms with E-state index in [1.807, 2.05) is 0 Å². The highest BCUT2D eigenvalue weighted by Crippen LogP contribution is 2.23. The third-order valence-electron chi connectivity index (χ3n) is 3.80. The zero-order valence-electron chi connectivity index (χ0n) is 12.5. The molecule has 1 rings (SSSR count). The molecule has 0 bridgehead atoms. The highest BCUT2D eigenvalue weighted by atomic mass is 16.5. The van der Waals surface area contributed by atoms with Crippen LogP contribution in [-0.2, 0) is 19.1 Å². The van der Waals surface area contributed by atoms with Crippen molar-refractivity contribution in [3.63, 3.8) is 0 Å². The maximum Gasteiger partial charge on any atom is 0.305 e. The zero-order chi connectivity index (χ0) is 14.8. The second-order valence-electron chi connectivity index (χ2n) is 5.45. The van der Waals surface area contributed by atoms with Crippen molar-refractivity contribution in [3.05, 3.63) is 0 Å². The van der Waals surface area contributed by atoms with Crippen molar-refractivity contribution in [1.29, 1.82) is 0 Å². The predicted molar refractivity (Wildman–Crippen MR) is 76.3 cm³/mol. The molecule has 0 spiro atoms. The molecule has 0 heterocycles. The van der Waals surface area contributed by atoms with E-state index in [-0.39, 0.29) is 23.5 Å². The molecule has 0 aliphatic heterocycles. The van der Waals surface area contributed by atoms with Gasteiger partial charge in [-0.05, 0) is 32.6 Å². The largest absolute Gasteiger partial charge is 0.466 e. The Morgan fingerprint density at radius 1 is 1.10 bits per heavy atom. The van der Waals surface area contributed by atoms with Crippen LogP contribution in [0.1, 0.15) is 71.1 Å². The first kappa shape index (κ1) is 16.9. The average molecular weight is 282 g/mol. The fourth-order valence-corrected chi connectivity index (χ4v) is 2.65. The maximum atomic E-state index is 11.9. The molecule has 0 radical (unpaired) electrons. The van der Waals surface area contributed by atoms with Crippen LogP contribution in [0.25, 0.3) is 0 Å². The number of Topliss-reactive ketones (excluding diaryl/α,β-unsaturated/α-hetero) is 2. The van der Waals surface area contributed by atoms with E-state index in [4.69, 9.17) is 4.74 Å². The third kappa shape index (κ3) is 6.31. The first-order chi connectivity index (χ1) is 9.65. The van der Waals surface area contributed by atoms with Gasteiger partial charge >= 0.3 is 5.97 Å². The number of unbranched alkanes of at least 4 members (excludes halogenated alkanes) is 3. The normalized spacial score (nSPS) is 18.9. The number of carbonyl (C=O) groups excluding carboxylic acids is 3. The van der Waals surface area contributed by atoms with Crippen molar-refractivity contribution in [2.75, 3.05) is 6.61 Å². The van der Waals surface area contributed by atoms with E-state index in [9.17, 15) is 14.4 Å². The van der Waals surface area contributed by atoms with Crippen LogP contribution in [0, 0.1) is 5.92 Å². The van der Waals surface area contributed by atoms with E-state index in [0.29, 0.717) is 25.9 Å². The molecule has 20 heavy (non-hydrogen) atoms. The van der Waals surface area contributed by atoms with Crippen LogP contribution in [0.2, 0.25) is 0 Å².